The molecule has 19 heteroatoms. The quantitative estimate of drug-likeness (QED) is 0.0222. The summed E-state index contributed by atoms with van der Waals surface area (Å²) in [6, 6.07) is 0. The molecule has 0 aliphatic rings. The molecule has 0 heterocycles. The van der Waals surface area contributed by atoms with Gasteiger partial charge in [-0.05, 0) is 49.4 Å². The molecule has 0 bridgehead atoms. The van der Waals surface area contributed by atoms with E-state index < -0.39 is 97.5 Å². The maximum atomic E-state index is 13.1. The van der Waals surface area contributed by atoms with Crippen LogP contribution in [0.15, 0.2) is 0 Å². The summed E-state index contributed by atoms with van der Waals surface area (Å²) in [6.45, 7) is 14.3. The third-order valence-corrected chi connectivity index (χ3v) is 21.4. The minimum atomic E-state index is -4.96. The Labute approximate surface area is 613 Å². The Balaban J connectivity index is 5.26. The molecule has 0 saturated heterocycles. The highest BCUT2D eigenvalue weighted by molar-refractivity contribution is 7.47. The average Bonchev–Trinajstić information content (AvgIpc) is 0.923. The van der Waals surface area contributed by atoms with Gasteiger partial charge in [-0.1, -0.05) is 364 Å². The molecule has 0 amide bonds. The molecule has 100 heavy (non-hydrogen) atoms. The first-order chi connectivity index (χ1) is 48.2. The fourth-order valence-corrected chi connectivity index (χ4v) is 13.9. The fourth-order valence-electron chi connectivity index (χ4n) is 12.4. The summed E-state index contributed by atoms with van der Waals surface area (Å²) >= 11 is 0. The summed E-state index contributed by atoms with van der Waals surface area (Å²) in [5.41, 5.74) is 0. The van der Waals surface area contributed by atoms with Gasteiger partial charge in [-0.25, -0.2) is 9.13 Å². The third-order valence-electron chi connectivity index (χ3n) is 19.5. The molecular weight excluding hydrogens is 1310 g/mol. The maximum absolute atomic E-state index is 13.1. The van der Waals surface area contributed by atoms with Gasteiger partial charge in [-0.2, -0.15) is 0 Å². The molecular formula is C81H158O17P2. The van der Waals surface area contributed by atoms with Gasteiger partial charge in [-0.15, -0.1) is 0 Å². The van der Waals surface area contributed by atoms with Gasteiger partial charge >= 0.3 is 39.5 Å². The zero-order valence-corrected chi connectivity index (χ0v) is 67.6. The van der Waals surface area contributed by atoms with Crippen LogP contribution in [0.25, 0.3) is 0 Å². The van der Waals surface area contributed by atoms with Gasteiger partial charge < -0.3 is 33.8 Å². The Morgan fingerprint density at radius 1 is 0.280 bits per heavy atom. The summed E-state index contributed by atoms with van der Waals surface area (Å²) in [5, 5.41) is 10.6. The molecule has 4 unspecified atom stereocenters. The zero-order valence-electron chi connectivity index (χ0n) is 65.8. The van der Waals surface area contributed by atoms with Crippen LogP contribution in [0.1, 0.15) is 415 Å². The fraction of sp³-hybridized carbons (Fsp3) is 0.951. The number of phosphoric acid groups is 2. The minimum absolute atomic E-state index is 0.105. The van der Waals surface area contributed by atoms with E-state index >= 15 is 0 Å². The van der Waals surface area contributed by atoms with Crippen molar-refractivity contribution in [1.82, 2.24) is 0 Å². The smallest absolute Gasteiger partial charge is 0.462 e. The van der Waals surface area contributed by atoms with Crippen molar-refractivity contribution < 1.29 is 80.2 Å². The van der Waals surface area contributed by atoms with E-state index in [4.69, 9.17) is 37.0 Å². The van der Waals surface area contributed by atoms with Crippen molar-refractivity contribution in [1.29, 1.82) is 0 Å². The van der Waals surface area contributed by atoms with Crippen LogP contribution in [-0.2, 0) is 65.4 Å². The lowest BCUT2D eigenvalue weighted by molar-refractivity contribution is -0.161. The number of carbonyl (C=O) groups is 4. The number of aliphatic hydroxyl groups excluding tert-OH is 1. The standard InChI is InChI=1S/C81H158O17P2/c1-9-73(7)59-51-43-35-27-21-17-14-15-18-22-28-37-45-53-61-78(83)91-67-76(97-80(85)63-55-47-39-29-23-19-13-11-12-16-20-25-33-41-49-57-71(3)4)69-95-99(87,88)93-65-75(82)66-94-100(89,90)96-70-77(98-81(86)64-56-48-40-30-24-26-34-42-50-58-72(5)6)68-92-79(84)62-54-46-38-32-31-36-44-52-60-74(8)10-2/h71-77,82H,9-70H2,1-8H3,(H,87,88)(H,89,90)/t73?,74?,75-,76-,77-/m1/s1. The largest absolute Gasteiger partial charge is 0.472 e. The van der Waals surface area contributed by atoms with Crippen LogP contribution in [-0.4, -0.2) is 96.7 Å². The number of phosphoric ester groups is 2. The van der Waals surface area contributed by atoms with Gasteiger partial charge in [0, 0.05) is 25.7 Å². The lowest BCUT2D eigenvalue weighted by Crippen LogP contribution is -2.30. The van der Waals surface area contributed by atoms with Crippen molar-refractivity contribution in [2.75, 3.05) is 39.6 Å². The summed E-state index contributed by atoms with van der Waals surface area (Å²) in [7, 11) is -9.92. The highest BCUT2D eigenvalue weighted by Crippen LogP contribution is 2.45. The molecule has 594 valence electrons. The number of unbranched alkanes of at least 4 members (excludes halogenated alkanes) is 42. The predicted molar refractivity (Wildman–Crippen MR) is 409 cm³/mol. The minimum Gasteiger partial charge on any atom is -0.462 e. The molecule has 0 saturated carbocycles. The molecule has 0 aromatic heterocycles. The Morgan fingerprint density at radius 2 is 0.480 bits per heavy atom. The number of ether oxygens (including phenoxy) is 4. The second-order valence-corrected chi connectivity index (χ2v) is 33.5. The van der Waals surface area contributed by atoms with Gasteiger partial charge in [0.05, 0.1) is 26.4 Å². The van der Waals surface area contributed by atoms with E-state index in [9.17, 15) is 43.2 Å². The number of aliphatic hydroxyl groups is 1. The van der Waals surface area contributed by atoms with E-state index in [0.717, 1.165) is 114 Å². The monoisotopic (exact) mass is 1470 g/mol. The van der Waals surface area contributed by atoms with Crippen LogP contribution in [0.4, 0.5) is 0 Å². The topological polar surface area (TPSA) is 237 Å². The molecule has 0 aliphatic heterocycles. The average molecular weight is 1470 g/mol. The van der Waals surface area contributed by atoms with Crippen molar-refractivity contribution in [2.45, 2.75) is 433 Å². The van der Waals surface area contributed by atoms with Crippen LogP contribution in [0.2, 0.25) is 0 Å². The Morgan fingerprint density at radius 3 is 0.710 bits per heavy atom. The molecule has 0 aromatic carbocycles. The summed E-state index contributed by atoms with van der Waals surface area (Å²) in [5.74, 6) is 1.05. The molecule has 0 fully saturated rings. The molecule has 3 N–H and O–H groups in total. The Kier molecular flexibility index (Phi) is 68.7. The van der Waals surface area contributed by atoms with Crippen LogP contribution < -0.4 is 0 Å². The van der Waals surface area contributed by atoms with E-state index in [1.807, 2.05) is 0 Å². The first-order valence-corrected chi connectivity index (χ1v) is 44.8. The van der Waals surface area contributed by atoms with Crippen molar-refractivity contribution in [3.63, 3.8) is 0 Å². The molecule has 0 aliphatic carbocycles. The number of hydrogen-bond acceptors (Lipinski definition) is 15. The van der Waals surface area contributed by atoms with E-state index in [1.54, 1.807) is 0 Å². The van der Waals surface area contributed by atoms with Gasteiger partial charge in [0.15, 0.2) is 12.2 Å². The second kappa shape index (κ2) is 70.1. The van der Waals surface area contributed by atoms with Crippen LogP contribution in [0, 0.1) is 23.7 Å². The maximum Gasteiger partial charge on any atom is 0.472 e. The van der Waals surface area contributed by atoms with Gasteiger partial charge in [0.25, 0.3) is 0 Å². The van der Waals surface area contributed by atoms with Gasteiger partial charge in [0.1, 0.15) is 19.3 Å². The molecule has 7 atom stereocenters. The van der Waals surface area contributed by atoms with Gasteiger partial charge in [0.2, 0.25) is 0 Å². The normalized spacial score (nSPS) is 14.6. The third kappa shape index (κ3) is 71.7. The molecule has 0 spiro atoms. The molecule has 0 radical (unpaired) electrons. The molecule has 0 rings (SSSR count). The first-order valence-electron chi connectivity index (χ1n) is 41.8. The lowest BCUT2D eigenvalue weighted by atomic mass is 9.99. The lowest BCUT2D eigenvalue weighted by Gasteiger charge is -2.21. The van der Waals surface area contributed by atoms with Crippen LogP contribution in [0.5, 0.6) is 0 Å². The van der Waals surface area contributed by atoms with E-state index in [-0.39, 0.29) is 25.7 Å². The Bertz CT molecular complexity index is 1960. The van der Waals surface area contributed by atoms with Crippen molar-refractivity contribution in [3.05, 3.63) is 0 Å². The van der Waals surface area contributed by atoms with Crippen molar-refractivity contribution >= 4 is 39.5 Å². The summed E-state index contributed by atoms with van der Waals surface area (Å²) in [4.78, 5) is 73.0. The van der Waals surface area contributed by atoms with Crippen LogP contribution in [0.3, 0.4) is 0 Å². The SMILES string of the molecule is CCC(C)CCCCCCCCCCCCCCCCC(=O)OC[C@H](COP(=O)(O)OC[C@@H](O)COP(=O)(O)OC[C@@H](COC(=O)CCCCCCCCCCC(C)CC)OC(=O)CCCCCCCCCCCC(C)C)OC(=O)CCCCCCCCCCCCCCCCCC(C)C. The van der Waals surface area contributed by atoms with Crippen LogP contribution >= 0.6 is 15.6 Å². The van der Waals surface area contributed by atoms with Crippen molar-refractivity contribution in [3.8, 4) is 0 Å². The second-order valence-electron chi connectivity index (χ2n) is 30.6. The highest BCUT2D eigenvalue weighted by Gasteiger charge is 2.30. The summed E-state index contributed by atoms with van der Waals surface area (Å²) < 4.78 is 68.7. The van der Waals surface area contributed by atoms with E-state index in [0.29, 0.717) is 25.7 Å². The van der Waals surface area contributed by atoms with Crippen molar-refractivity contribution in [2.24, 2.45) is 23.7 Å². The van der Waals surface area contributed by atoms with E-state index in [2.05, 4.69) is 55.4 Å². The Hall–Kier alpha value is -1.94. The zero-order chi connectivity index (χ0) is 73.8. The predicted octanol–water partition coefficient (Wildman–Crippen LogP) is 24.0. The number of rotatable bonds is 78. The first kappa shape index (κ1) is 98.1. The van der Waals surface area contributed by atoms with E-state index in [1.165, 1.54) is 218 Å². The summed E-state index contributed by atoms with van der Waals surface area (Å²) in [6.07, 6.45) is 56.8. The molecule has 0 aromatic rings. The highest BCUT2D eigenvalue weighted by atomic mass is 31.2. The number of carbonyl (C=O) groups excluding carboxylic acids is 4. The molecule has 17 nitrogen and oxygen atoms in total. The number of esters is 4. The van der Waals surface area contributed by atoms with Gasteiger partial charge in [-0.3, -0.25) is 37.3 Å². The number of hydrogen-bond donors (Lipinski definition) is 3.